The molecule has 832 valence electrons. The van der Waals surface area contributed by atoms with Gasteiger partial charge < -0.3 is 372 Å². The summed E-state index contributed by atoms with van der Waals surface area (Å²) >= 11 is 0. The summed E-state index contributed by atoms with van der Waals surface area (Å²) in [7, 11) is -117. The minimum Gasteiger partial charge on any atom is -0.822 e. The monoisotopic (exact) mass is 3430 g/mol. The molecule has 0 rings (SSSR count). The summed E-state index contributed by atoms with van der Waals surface area (Å²) in [6.07, 6.45) is 0. The van der Waals surface area contributed by atoms with Crippen LogP contribution in [0.3, 0.4) is 0 Å². The third-order valence-corrected chi connectivity index (χ3v) is 0. The smallest absolute Gasteiger partial charge is 0.822 e. The summed E-state index contributed by atoms with van der Waals surface area (Å²) in [5.41, 5.74) is 0. The number of hydrogen-bond donors (Lipinski definition) is 72. The van der Waals surface area contributed by atoms with Crippen LogP contribution in [-0.2, 0) is 114 Å². The Morgan fingerprint density at radius 2 is 0.0821 bits per heavy atom. The average Bonchev–Trinajstić information content (AvgIpc) is 3.03. The first-order valence-corrected chi connectivity index (χ1v) is 58.5. The second kappa shape index (κ2) is 113. The summed E-state index contributed by atoms with van der Waals surface area (Å²) in [6.45, 7) is 0. The van der Waals surface area contributed by atoms with Crippen molar-refractivity contribution in [2.24, 2.45) is 0 Å². The topological polar surface area (TPSA) is 1950 Å². The molecule has 0 aromatic rings. The summed E-state index contributed by atoms with van der Waals surface area (Å²) in [5.74, 6) is 0. The van der Waals surface area contributed by atoms with Gasteiger partial charge in [-0.3, -0.25) is 0 Å². The Morgan fingerprint density at radius 3 is 0.0821 bits per heavy atom. The predicted molar refractivity (Wildman–Crippen MR) is 402 cm³/mol. The third-order valence-electron chi connectivity index (χ3n) is 0. The van der Waals surface area contributed by atoms with Crippen LogP contribution in [0, 0.1) is 0 Å². The quantitative estimate of drug-likeness (QED) is 0.0791. The Bertz CT molecular complexity index is 2460. The van der Waals surface area contributed by atoms with E-state index in [0.29, 0.717) is 0 Å². The molecule has 100 nitrogen and oxygen atoms in total. The van der Waals surface area contributed by atoms with Gasteiger partial charge in [-0.15, -0.1) is 0 Å². The van der Waals surface area contributed by atoms with E-state index in [2.05, 4.69) is 0 Å². The van der Waals surface area contributed by atoms with Crippen molar-refractivity contribution in [3.05, 3.63) is 0 Å². The van der Waals surface area contributed by atoms with Gasteiger partial charge >= 0.3 is 211 Å². The summed E-state index contributed by atoms with van der Waals surface area (Å²) in [6, 6.07) is 0. The van der Waals surface area contributed by atoms with Crippen LogP contribution in [0.5, 0.6) is 0 Å². The van der Waals surface area contributed by atoms with Crippen molar-refractivity contribution < 1.29 is 481 Å². The average molecular weight is 3420 g/mol. The molecule has 32 radical (unpaired) electrons. The van der Waals surface area contributed by atoms with Gasteiger partial charge in [-0.1, -0.05) is 0 Å². The van der Waals surface area contributed by atoms with E-state index in [-0.39, 0.29) is 214 Å². The zero-order valence-corrected chi connectivity index (χ0v) is 106. The van der Waals surface area contributed by atoms with Crippen molar-refractivity contribution in [1.82, 2.24) is 0 Å². The van der Waals surface area contributed by atoms with E-state index in [1.54, 1.807) is 0 Å². The van der Waals surface area contributed by atoms with E-state index >= 15 is 0 Å². The largest absolute Gasteiger partial charge is 2.00 e. The van der Waals surface area contributed by atoms with Crippen molar-refractivity contribution in [2.75, 3.05) is 0 Å². The molecule has 0 aliphatic carbocycles. The Kier molecular flexibility index (Phi) is 204. The van der Waals surface area contributed by atoms with Crippen molar-refractivity contribution in [1.29, 1.82) is 0 Å². The van der Waals surface area contributed by atoms with Crippen molar-refractivity contribution >= 4 is 410 Å². The second-order valence-electron chi connectivity index (χ2n) is 12.8. The Labute approximate surface area is 882 Å². The second-order valence-corrected chi connectivity index (χ2v) is 38.3. The van der Waals surface area contributed by atoms with Crippen LogP contribution in [-0.4, -0.2) is 567 Å². The van der Waals surface area contributed by atoms with E-state index in [9.17, 15) is 0 Å². The van der Waals surface area contributed by atoms with E-state index in [1.165, 1.54) is 0 Å². The van der Waals surface area contributed by atoms with Crippen LogP contribution < -0.4 is 14.7 Å². The predicted octanol–water partition coefficient (Wildman–Crippen LogP) is -28.5. The molecule has 0 unspecified atom stereocenters. The van der Waals surface area contributed by atoms with Crippen molar-refractivity contribution in [3.63, 3.8) is 0 Å². The van der Waals surface area contributed by atoms with Crippen molar-refractivity contribution in [3.8, 4) is 0 Å². The van der Waals surface area contributed by atoms with E-state index < -0.39 is 196 Å². The zero-order valence-electron chi connectivity index (χ0n) is 59.5. The van der Waals surface area contributed by atoms with E-state index in [4.69, 9.17) is 481 Å². The summed E-state index contributed by atoms with van der Waals surface area (Å²) in [4.78, 5) is 543. The van der Waals surface area contributed by atoms with Crippen LogP contribution in [0.25, 0.3) is 0 Å². The van der Waals surface area contributed by atoms with Gasteiger partial charge in [0.1, 0.15) is 0 Å². The van der Waals surface area contributed by atoms with Crippen LogP contribution >= 0.6 is 196 Å². The molecule has 0 aromatic heterocycles. The Balaban J connectivity index is -0.0000000242. The fraction of sp³-hybridized carbons (Fsp3) is 0. The zero-order chi connectivity index (χ0) is 112. The molecule has 134 heavy (non-hydrogen) atoms. The Morgan fingerprint density at radius 1 is 0.0821 bits per heavy atom. The molecule has 0 bridgehead atoms. The first kappa shape index (κ1) is 243. The SMILES string of the molecule is O=P(O)(O)O.O=P(O)(O)O.O=P(O)(O)O.O=P(O)(O)O.O=P(O)(O)O.O=P(O)(O)O.O=P(O)(O)O.O=P(O)(O)O.O=P(O)(O)O.O=P(O)(O)O.O=P(O)(O)O.O=P(O)(O)O.O=P(O)(O)O.O=P(O)(O)O.O=P(O)(O)O.O=P(O)(O)O.O=P(O)(O)O.O=P(O)(O)O.O=P(O)(O)O.O=P(O)(O)O.O=P(O)(O)O.O=P(O)(O)O.O=P(O)(O)O.O=P(O)(O)O.O=P([O-])([O-])[O-].[Mg+2].[Sn].[Sn].[Sn].[Sn].[Sn].[Sn].[Sn].[Sn]. The maximum atomic E-state index is 8.88. The van der Waals surface area contributed by atoms with Gasteiger partial charge in [-0.05, 0) is 0 Å². The van der Waals surface area contributed by atoms with E-state index in [1.807, 2.05) is 0 Å². The normalized spacial score (nSPS) is 11.0. The molecule has 0 atom stereocenters. The number of phosphoric acid groups is 25. The van der Waals surface area contributed by atoms with Crippen LogP contribution in [0.1, 0.15) is 0 Å². The van der Waals surface area contributed by atoms with Gasteiger partial charge in [-0.2, -0.15) is 7.82 Å². The maximum absolute atomic E-state index is 8.88. The van der Waals surface area contributed by atoms with Crippen LogP contribution in [0.15, 0.2) is 0 Å². The van der Waals surface area contributed by atoms with Crippen LogP contribution in [0.2, 0.25) is 0 Å². The first-order valence-electron chi connectivity index (χ1n) is 19.5. The molecule has 0 aromatic carbocycles. The van der Waals surface area contributed by atoms with Crippen LogP contribution in [0.4, 0.5) is 0 Å². The maximum Gasteiger partial charge on any atom is 2.00 e. The minimum atomic E-state index is -5.39. The molecule has 0 saturated heterocycles. The molecule has 0 aliphatic rings. The molecular weight excluding hydrogens is 3350 g/mol. The first-order chi connectivity index (χ1) is 50.0. The van der Waals surface area contributed by atoms with E-state index in [0.717, 1.165) is 0 Å². The molecule has 72 N–H and O–H groups in total. The number of rotatable bonds is 0. The molecule has 0 heterocycles. The molecule has 0 fully saturated rings. The molecule has 0 saturated carbocycles. The van der Waals surface area contributed by atoms with Gasteiger partial charge in [-0.25, -0.2) is 110 Å². The Hall–Kier alpha value is 9.91. The summed E-state index contributed by atoms with van der Waals surface area (Å²) in [5, 5.41) is 0. The van der Waals surface area contributed by atoms with Crippen molar-refractivity contribution in [2.45, 2.75) is 0 Å². The molecular formula is H72MgO100P25Sn8-. The third kappa shape index (κ3) is 28700. The summed E-state index contributed by atoms with van der Waals surface area (Å²) < 4.78 is 222. The molecule has 0 amide bonds. The van der Waals surface area contributed by atoms with Gasteiger partial charge in [0.15, 0.2) is 0 Å². The number of hydrogen-bond acceptors (Lipinski definition) is 28. The van der Waals surface area contributed by atoms with Gasteiger partial charge in [0.2, 0.25) is 0 Å². The van der Waals surface area contributed by atoms with Gasteiger partial charge in [0.05, 0.1) is 0 Å². The minimum absolute atomic E-state index is 0. The molecule has 0 aliphatic heterocycles. The molecule has 134 heteroatoms. The fourth-order valence-corrected chi connectivity index (χ4v) is 0. The standard InChI is InChI=1S/Mg.25H3O4P.8Sn/c;25*1-5(2,3)4;;;;;;;;/h;25*(H3,1,2,3,4);;;;;;;;/q+2;;;;;;;;;;;;;;;;;;;;;;;;;;;;;;;;;/p-3. The van der Waals surface area contributed by atoms with Gasteiger partial charge in [0, 0.05) is 191 Å². The molecule has 0 spiro atoms. The van der Waals surface area contributed by atoms with Gasteiger partial charge in [0.25, 0.3) is 0 Å². The fourth-order valence-electron chi connectivity index (χ4n) is 0.